The van der Waals surface area contributed by atoms with Crippen LogP contribution in [0.2, 0.25) is 0 Å². The number of rotatable bonds is 8. The summed E-state index contributed by atoms with van der Waals surface area (Å²) >= 11 is 0. The molecule has 0 aliphatic heterocycles. The van der Waals surface area contributed by atoms with E-state index in [1.54, 1.807) is 14.2 Å². The van der Waals surface area contributed by atoms with Crippen LogP contribution in [0.1, 0.15) is 87.8 Å². The summed E-state index contributed by atoms with van der Waals surface area (Å²) < 4.78 is 24.9. The van der Waals surface area contributed by atoms with Crippen LogP contribution in [0.5, 0.6) is 0 Å². The molecule has 0 saturated carbocycles. The molecule has 0 saturated heterocycles. The van der Waals surface area contributed by atoms with E-state index in [0.29, 0.717) is 5.92 Å². The zero-order valence-corrected chi connectivity index (χ0v) is 19.2. The maximum absolute atomic E-state index is 13.9. The Morgan fingerprint density at radius 1 is 0.750 bits per heavy atom. The second-order valence-corrected chi connectivity index (χ2v) is 9.49. The van der Waals surface area contributed by atoms with Crippen molar-refractivity contribution >= 4 is 10.8 Å². The van der Waals surface area contributed by atoms with Gasteiger partial charge in [-0.3, -0.25) is 0 Å². The van der Waals surface area contributed by atoms with Crippen LogP contribution in [-0.4, -0.2) is 18.4 Å². The lowest BCUT2D eigenvalue weighted by Gasteiger charge is -2.24. The molecule has 2 aromatic carbocycles. The van der Waals surface area contributed by atoms with E-state index in [2.05, 4.69) is 53.7 Å². The van der Waals surface area contributed by atoms with E-state index < -0.39 is 17.1 Å². The van der Waals surface area contributed by atoms with E-state index in [9.17, 15) is 4.21 Å². The summed E-state index contributed by atoms with van der Waals surface area (Å²) in [4.78, 5) is 1.69. The highest BCUT2D eigenvalue weighted by Crippen LogP contribution is 2.37. The average Bonchev–Trinajstić information content (AvgIpc) is 2.67. The second kappa shape index (κ2) is 9.82. The summed E-state index contributed by atoms with van der Waals surface area (Å²) in [5, 5.41) is 0. The first-order chi connectivity index (χ1) is 13.2. The molecule has 3 nitrogen and oxygen atoms in total. The summed E-state index contributed by atoms with van der Waals surface area (Å²) in [7, 11) is 1.88. The summed E-state index contributed by atoms with van der Waals surface area (Å²) in [5.74, 6) is 0.988. The molecule has 1 atom stereocenters. The normalized spacial score (nSPS) is 13.1. The molecule has 154 valence electrons. The first-order valence-corrected chi connectivity index (χ1v) is 11.1. The van der Waals surface area contributed by atoms with Gasteiger partial charge in [0.2, 0.25) is 0 Å². The predicted octanol–water partition coefficient (Wildman–Crippen LogP) is 6.51. The molecule has 0 unspecified atom stereocenters. The van der Waals surface area contributed by atoms with Crippen molar-refractivity contribution < 1.29 is 13.7 Å². The third-order valence-electron chi connectivity index (χ3n) is 5.07. The largest absolute Gasteiger partial charge is 0.352 e. The molecule has 2 rings (SSSR count). The quantitative estimate of drug-likeness (QED) is 0.472. The smallest absolute Gasteiger partial charge is 0.184 e. The zero-order valence-electron chi connectivity index (χ0n) is 18.4. The van der Waals surface area contributed by atoms with Gasteiger partial charge in [0.15, 0.2) is 6.29 Å². The van der Waals surface area contributed by atoms with Crippen LogP contribution in [0.15, 0.2) is 46.2 Å². The van der Waals surface area contributed by atoms with Crippen molar-refractivity contribution in [2.45, 2.75) is 75.4 Å². The molecule has 4 heteroatoms. The molecule has 0 aliphatic rings. The molecule has 0 fully saturated rings. The van der Waals surface area contributed by atoms with Gasteiger partial charge in [0, 0.05) is 19.8 Å². The molecule has 0 bridgehead atoms. The lowest BCUT2D eigenvalue weighted by molar-refractivity contribution is -0.107. The van der Waals surface area contributed by atoms with Gasteiger partial charge < -0.3 is 9.47 Å². The Morgan fingerprint density at radius 2 is 1.25 bits per heavy atom. The lowest BCUT2D eigenvalue weighted by atomic mass is 9.89. The van der Waals surface area contributed by atoms with Crippen LogP contribution < -0.4 is 0 Å². The van der Waals surface area contributed by atoms with E-state index in [-0.39, 0.29) is 11.8 Å². The van der Waals surface area contributed by atoms with Crippen molar-refractivity contribution in [3.05, 3.63) is 58.7 Å². The molecule has 0 radical (unpaired) electrons. The van der Waals surface area contributed by atoms with E-state index in [1.165, 1.54) is 5.56 Å². The minimum atomic E-state index is -1.33. The van der Waals surface area contributed by atoms with Crippen molar-refractivity contribution in [3.63, 3.8) is 0 Å². The number of hydrogen-bond acceptors (Lipinski definition) is 3. The van der Waals surface area contributed by atoms with E-state index in [1.807, 2.05) is 24.3 Å². The van der Waals surface area contributed by atoms with Crippen molar-refractivity contribution in [3.8, 4) is 0 Å². The van der Waals surface area contributed by atoms with Gasteiger partial charge in [-0.1, -0.05) is 71.9 Å². The Balaban J connectivity index is 2.76. The number of benzene rings is 2. The molecule has 0 N–H and O–H groups in total. The second-order valence-electron chi connectivity index (χ2n) is 8.10. The molecular formula is C24H34O3S. The van der Waals surface area contributed by atoms with E-state index in [4.69, 9.17) is 9.47 Å². The summed E-state index contributed by atoms with van der Waals surface area (Å²) in [5.41, 5.74) is 4.43. The van der Waals surface area contributed by atoms with Crippen molar-refractivity contribution in [2.75, 3.05) is 14.2 Å². The minimum Gasteiger partial charge on any atom is -0.352 e. The Bertz CT molecular complexity index is 791. The third kappa shape index (κ3) is 4.73. The third-order valence-corrected chi connectivity index (χ3v) is 6.68. The van der Waals surface area contributed by atoms with Crippen LogP contribution in [-0.2, 0) is 20.3 Å². The predicted molar refractivity (Wildman–Crippen MR) is 117 cm³/mol. The van der Waals surface area contributed by atoms with Gasteiger partial charge in [-0.15, -0.1) is 0 Å². The zero-order chi connectivity index (χ0) is 21.0. The first kappa shape index (κ1) is 22.8. The molecule has 0 spiro atoms. The molecule has 0 aromatic heterocycles. The Hall–Kier alpha value is -1.49. The van der Waals surface area contributed by atoms with Gasteiger partial charge >= 0.3 is 0 Å². The Labute approximate surface area is 172 Å². The highest BCUT2D eigenvalue weighted by Gasteiger charge is 2.25. The monoisotopic (exact) mass is 402 g/mol. The van der Waals surface area contributed by atoms with Crippen LogP contribution in [0.25, 0.3) is 0 Å². The Kier molecular flexibility index (Phi) is 7.99. The lowest BCUT2D eigenvalue weighted by Crippen LogP contribution is -2.12. The molecule has 28 heavy (non-hydrogen) atoms. The fraction of sp³-hybridized carbons (Fsp3) is 0.500. The molecule has 0 aliphatic carbocycles. The van der Waals surface area contributed by atoms with Gasteiger partial charge in [-0.2, -0.15) is 0 Å². The topological polar surface area (TPSA) is 35.5 Å². The molecule has 0 amide bonds. The Morgan fingerprint density at radius 3 is 1.68 bits per heavy atom. The van der Waals surface area contributed by atoms with Gasteiger partial charge in [-0.05, 0) is 40.5 Å². The van der Waals surface area contributed by atoms with Gasteiger partial charge in [0.05, 0.1) is 20.6 Å². The minimum absolute atomic E-state index is 0.281. The van der Waals surface area contributed by atoms with Gasteiger partial charge in [0.1, 0.15) is 0 Å². The fourth-order valence-corrected chi connectivity index (χ4v) is 5.23. The molecular weight excluding hydrogens is 368 g/mol. The van der Waals surface area contributed by atoms with Gasteiger partial charge in [-0.25, -0.2) is 4.21 Å². The number of hydrogen-bond donors (Lipinski definition) is 0. The molecule has 2 aromatic rings. The summed E-state index contributed by atoms with van der Waals surface area (Å²) in [6.07, 6.45) is -0.542. The van der Waals surface area contributed by atoms with Gasteiger partial charge in [0.25, 0.3) is 0 Å². The maximum Gasteiger partial charge on any atom is 0.184 e. The highest BCUT2D eigenvalue weighted by molar-refractivity contribution is 7.85. The van der Waals surface area contributed by atoms with Crippen LogP contribution >= 0.6 is 0 Å². The van der Waals surface area contributed by atoms with E-state index >= 15 is 0 Å². The highest BCUT2D eigenvalue weighted by atomic mass is 32.2. The average molecular weight is 403 g/mol. The van der Waals surface area contributed by atoms with Crippen molar-refractivity contribution in [1.82, 2.24) is 0 Å². The number of ether oxygens (including phenoxy) is 2. The van der Waals surface area contributed by atoms with Crippen LogP contribution in [0.3, 0.4) is 0 Å². The fourth-order valence-electron chi connectivity index (χ4n) is 3.41. The first-order valence-electron chi connectivity index (χ1n) is 9.96. The standard InChI is InChI=1S/C24H34O3S/c1-15(2)18-13-20(16(3)4)23(21(14-18)17(5)6)28(25)22-12-10-9-11-19(22)24(26-7)27-8/h9-17,24H,1-8H3/t28-/m0/s1. The SMILES string of the molecule is COC(OC)c1ccccc1[S@](=O)c1c(C(C)C)cc(C(C)C)cc1C(C)C. The van der Waals surface area contributed by atoms with Crippen LogP contribution in [0.4, 0.5) is 0 Å². The van der Waals surface area contributed by atoms with E-state index in [0.717, 1.165) is 26.5 Å². The van der Waals surface area contributed by atoms with Crippen molar-refractivity contribution in [1.29, 1.82) is 0 Å². The number of methoxy groups -OCH3 is 2. The summed E-state index contributed by atoms with van der Waals surface area (Å²) in [6, 6.07) is 12.2. The van der Waals surface area contributed by atoms with Crippen LogP contribution in [0, 0.1) is 0 Å². The van der Waals surface area contributed by atoms with Crippen molar-refractivity contribution in [2.24, 2.45) is 0 Å². The maximum atomic E-state index is 13.9. The molecule has 0 heterocycles. The summed E-state index contributed by atoms with van der Waals surface area (Å²) in [6.45, 7) is 13.1.